The lowest BCUT2D eigenvalue weighted by Crippen LogP contribution is -2.15. The van der Waals surface area contributed by atoms with Crippen LogP contribution in [0.2, 0.25) is 15.3 Å². The van der Waals surface area contributed by atoms with E-state index in [9.17, 15) is 9.18 Å². The molecule has 0 bridgehead atoms. The number of nitrogens with zero attached hydrogens (tertiary/aromatic N) is 3. The Labute approximate surface area is 121 Å². The molecule has 98 valence electrons. The maximum absolute atomic E-state index is 13.0. The van der Waals surface area contributed by atoms with Gasteiger partial charge in [-0.1, -0.05) is 34.8 Å². The molecule has 0 saturated heterocycles. The Kier molecular flexibility index (Phi) is 4.14. The first-order valence-corrected chi connectivity index (χ1v) is 5.91. The third-order valence-corrected chi connectivity index (χ3v) is 3.07. The van der Waals surface area contributed by atoms with Crippen LogP contribution in [0.4, 0.5) is 10.2 Å². The highest BCUT2D eigenvalue weighted by molar-refractivity contribution is 6.43. The summed E-state index contributed by atoms with van der Waals surface area (Å²) in [5.41, 5.74) is -0.146. The highest BCUT2D eigenvalue weighted by Gasteiger charge is 2.16. The molecule has 2 heterocycles. The number of anilines is 1. The van der Waals surface area contributed by atoms with E-state index in [4.69, 9.17) is 34.8 Å². The first-order chi connectivity index (χ1) is 8.99. The number of rotatable bonds is 2. The van der Waals surface area contributed by atoms with Crippen molar-refractivity contribution in [3.05, 3.63) is 45.3 Å². The van der Waals surface area contributed by atoms with Crippen LogP contribution in [0.1, 0.15) is 10.4 Å². The van der Waals surface area contributed by atoms with Gasteiger partial charge < -0.3 is 5.32 Å². The number of amides is 1. The number of hydrogen-bond acceptors (Lipinski definition) is 4. The Bertz CT molecular complexity index is 653. The lowest BCUT2D eigenvalue weighted by Gasteiger charge is -2.07. The van der Waals surface area contributed by atoms with Gasteiger partial charge in [-0.2, -0.15) is 0 Å². The second kappa shape index (κ2) is 5.64. The average molecular weight is 322 g/mol. The molecular formula is C10H4Cl3FN4O. The second-order valence-electron chi connectivity index (χ2n) is 3.27. The molecule has 0 aliphatic heterocycles. The van der Waals surface area contributed by atoms with Crippen molar-refractivity contribution in [3.8, 4) is 0 Å². The van der Waals surface area contributed by atoms with Crippen molar-refractivity contribution >= 4 is 46.5 Å². The minimum atomic E-state index is -0.714. The monoisotopic (exact) mass is 320 g/mol. The SMILES string of the molecule is O=C(Nc1ncnc(Cl)c1Cl)c1cc(F)cnc1Cl. The van der Waals surface area contributed by atoms with E-state index in [0.717, 1.165) is 18.6 Å². The van der Waals surface area contributed by atoms with Gasteiger partial charge in [-0.3, -0.25) is 4.79 Å². The zero-order valence-corrected chi connectivity index (χ0v) is 11.3. The molecule has 2 aromatic heterocycles. The molecule has 2 rings (SSSR count). The summed E-state index contributed by atoms with van der Waals surface area (Å²) in [6.07, 6.45) is 2.02. The first kappa shape index (κ1) is 13.9. The smallest absolute Gasteiger partial charge is 0.260 e. The second-order valence-corrected chi connectivity index (χ2v) is 4.37. The Morgan fingerprint density at radius 2 is 1.89 bits per heavy atom. The van der Waals surface area contributed by atoms with Gasteiger partial charge in [0.1, 0.15) is 22.3 Å². The van der Waals surface area contributed by atoms with E-state index >= 15 is 0 Å². The van der Waals surface area contributed by atoms with Gasteiger partial charge in [0.15, 0.2) is 11.0 Å². The van der Waals surface area contributed by atoms with Crippen molar-refractivity contribution in [2.24, 2.45) is 0 Å². The molecule has 0 spiro atoms. The van der Waals surface area contributed by atoms with Gasteiger partial charge in [-0.25, -0.2) is 19.3 Å². The van der Waals surface area contributed by atoms with Crippen molar-refractivity contribution in [1.29, 1.82) is 0 Å². The molecule has 9 heteroatoms. The Hall–Kier alpha value is -1.50. The number of carbonyl (C=O) groups is 1. The van der Waals surface area contributed by atoms with Crippen molar-refractivity contribution in [2.75, 3.05) is 5.32 Å². The van der Waals surface area contributed by atoms with Crippen LogP contribution in [0.3, 0.4) is 0 Å². The van der Waals surface area contributed by atoms with Gasteiger partial charge in [0, 0.05) is 0 Å². The Balaban J connectivity index is 2.31. The number of carbonyl (C=O) groups excluding carboxylic acids is 1. The normalized spacial score (nSPS) is 10.3. The number of aromatic nitrogens is 3. The molecule has 2 aromatic rings. The number of hydrogen-bond donors (Lipinski definition) is 1. The summed E-state index contributed by atoms with van der Waals surface area (Å²) in [5.74, 6) is -1.41. The van der Waals surface area contributed by atoms with Crippen LogP contribution >= 0.6 is 34.8 Å². The number of nitrogens with one attached hydrogen (secondary N) is 1. The maximum atomic E-state index is 13.0. The lowest BCUT2D eigenvalue weighted by atomic mass is 10.2. The zero-order chi connectivity index (χ0) is 14.0. The molecule has 0 aliphatic carbocycles. The van der Waals surface area contributed by atoms with Gasteiger partial charge in [-0.05, 0) is 6.07 Å². The largest absolute Gasteiger partial charge is 0.305 e. The highest BCUT2D eigenvalue weighted by atomic mass is 35.5. The van der Waals surface area contributed by atoms with E-state index in [0.29, 0.717) is 0 Å². The van der Waals surface area contributed by atoms with Gasteiger partial charge in [0.25, 0.3) is 5.91 Å². The van der Waals surface area contributed by atoms with Crippen LogP contribution in [0.25, 0.3) is 0 Å². The zero-order valence-electron chi connectivity index (χ0n) is 8.99. The molecule has 1 amide bonds. The van der Waals surface area contributed by atoms with Crippen molar-refractivity contribution < 1.29 is 9.18 Å². The van der Waals surface area contributed by atoms with E-state index in [1.165, 1.54) is 0 Å². The third kappa shape index (κ3) is 3.09. The Morgan fingerprint density at radius 1 is 1.16 bits per heavy atom. The van der Waals surface area contributed by atoms with Crippen LogP contribution in [0, 0.1) is 5.82 Å². The van der Waals surface area contributed by atoms with Gasteiger partial charge in [0.05, 0.1) is 11.8 Å². The average Bonchev–Trinajstić information content (AvgIpc) is 2.38. The maximum Gasteiger partial charge on any atom is 0.260 e. The van der Waals surface area contributed by atoms with Crippen LogP contribution < -0.4 is 5.32 Å². The molecule has 0 unspecified atom stereocenters. The van der Waals surface area contributed by atoms with Crippen molar-refractivity contribution in [2.45, 2.75) is 0 Å². The predicted octanol–water partition coefficient (Wildman–Crippen LogP) is 3.22. The van der Waals surface area contributed by atoms with Crippen LogP contribution in [-0.2, 0) is 0 Å². The fourth-order valence-corrected chi connectivity index (χ4v) is 1.66. The summed E-state index contributed by atoms with van der Waals surface area (Å²) >= 11 is 17.2. The summed E-state index contributed by atoms with van der Waals surface area (Å²) in [6.45, 7) is 0. The van der Waals surface area contributed by atoms with Crippen molar-refractivity contribution in [3.63, 3.8) is 0 Å². The summed E-state index contributed by atoms with van der Waals surface area (Å²) in [6, 6.07) is 0.946. The minimum Gasteiger partial charge on any atom is -0.305 e. The van der Waals surface area contributed by atoms with Crippen molar-refractivity contribution in [1.82, 2.24) is 15.0 Å². The molecular weight excluding hydrogens is 317 g/mol. The molecule has 0 atom stereocenters. The van der Waals surface area contributed by atoms with Gasteiger partial charge >= 0.3 is 0 Å². The van der Waals surface area contributed by atoms with E-state index in [1.807, 2.05) is 0 Å². The Morgan fingerprint density at radius 3 is 2.63 bits per heavy atom. The minimum absolute atomic E-state index is 0.00741. The first-order valence-electron chi connectivity index (χ1n) is 4.77. The molecule has 0 radical (unpaired) electrons. The number of pyridine rings is 1. The van der Waals surface area contributed by atoms with Gasteiger partial charge in [-0.15, -0.1) is 0 Å². The van der Waals surface area contributed by atoms with E-state index in [2.05, 4.69) is 20.3 Å². The van der Waals surface area contributed by atoms with E-state index in [-0.39, 0.29) is 26.7 Å². The molecule has 0 aromatic carbocycles. The molecule has 1 N–H and O–H groups in total. The fraction of sp³-hybridized carbons (Fsp3) is 0. The molecule has 0 saturated carbocycles. The quantitative estimate of drug-likeness (QED) is 0.681. The summed E-state index contributed by atoms with van der Waals surface area (Å²) in [4.78, 5) is 22.8. The van der Waals surface area contributed by atoms with Crippen LogP contribution in [0.5, 0.6) is 0 Å². The topological polar surface area (TPSA) is 67.8 Å². The standard InChI is InChI=1S/C10H4Cl3FN4O/c11-6-8(13)16-3-17-9(6)18-10(19)5-1-4(14)2-15-7(5)12/h1-3H,(H,16,17,18,19). The summed E-state index contributed by atoms with van der Waals surface area (Å²) in [5, 5.41) is 2.15. The molecule has 5 nitrogen and oxygen atoms in total. The third-order valence-electron chi connectivity index (χ3n) is 2.03. The lowest BCUT2D eigenvalue weighted by molar-refractivity contribution is 0.102. The fourth-order valence-electron chi connectivity index (χ4n) is 1.19. The predicted molar refractivity (Wildman–Crippen MR) is 69.2 cm³/mol. The summed E-state index contributed by atoms with van der Waals surface area (Å²) < 4.78 is 13.0. The summed E-state index contributed by atoms with van der Waals surface area (Å²) in [7, 11) is 0. The van der Waals surface area contributed by atoms with E-state index in [1.54, 1.807) is 0 Å². The van der Waals surface area contributed by atoms with Gasteiger partial charge in [0.2, 0.25) is 0 Å². The highest BCUT2D eigenvalue weighted by Crippen LogP contribution is 2.26. The molecule has 0 fully saturated rings. The molecule has 0 aliphatic rings. The van der Waals surface area contributed by atoms with E-state index < -0.39 is 11.7 Å². The molecule has 19 heavy (non-hydrogen) atoms. The number of halogens is 4. The van der Waals surface area contributed by atoms with Crippen LogP contribution in [0.15, 0.2) is 18.6 Å². The van der Waals surface area contributed by atoms with Crippen LogP contribution in [-0.4, -0.2) is 20.9 Å².